The second-order valence-electron chi connectivity index (χ2n) is 0.950. The predicted molar refractivity (Wildman–Crippen MR) is 34.6 cm³/mol. The number of rotatable bonds is 2. The van der Waals surface area contributed by atoms with Crippen LogP contribution in [0.5, 0.6) is 0 Å². The molecule has 0 saturated heterocycles. The normalized spacial score (nSPS) is 10.8. The molecule has 0 heterocycles. The third kappa shape index (κ3) is 4.42. The van der Waals surface area contributed by atoms with Gasteiger partial charge >= 0.3 is 0 Å². The highest BCUT2D eigenvalue weighted by Gasteiger charge is 1.80. The third-order valence-corrected chi connectivity index (χ3v) is 2.10. The minimum Gasteiger partial charge on any atom is -0.464 e. The van der Waals surface area contributed by atoms with Gasteiger partial charge in [-0.1, -0.05) is 18.2 Å². The van der Waals surface area contributed by atoms with Crippen LogP contribution < -0.4 is 0 Å². The molecule has 0 N–H and O–H groups in total. The molecule has 0 saturated carbocycles. The number of hydrogen-bond acceptors (Lipinski definition) is 1. The van der Waals surface area contributed by atoms with Gasteiger partial charge in [0.1, 0.15) is 10.5 Å². The van der Waals surface area contributed by atoms with Crippen LogP contribution in [0.25, 0.3) is 0 Å². The molecule has 1 nitrogen and oxygen atoms in total. The van der Waals surface area contributed by atoms with Crippen molar-refractivity contribution in [2.75, 3.05) is 0 Å². The van der Waals surface area contributed by atoms with Crippen LogP contribution in [0, 0.1) is 0 Å². The zero-order valence-corrected chi connectivity index (χ0v) is 7.87. The Kier molecular flexibility index (Phi) is 3.86. The summed E-state index contributed by atoms with van der Waals surface area (Å²) in [5, 5.41) is 0. The highest BCUT2D eigenvalue weighted by Crippen LogP contribution is 1.89. The van der Waals surface area contributed by atoms with E-state index in [0.29, 0.717) is 4.66 Å². The Morgan fingerprint density at radius 3 is 2.50 bits per heavy atom. The Labute approximate surface area is 47.8 Å². The van der Waals surface area contributed by atoms with Gasteiger partial charge in [-0.15, -0.1) is 0 Å². The summed E-state index contributed by atoms with van der Waals surface area (Å²) < 4.78 is 5.56. The van der Waals surface area contributed by atoms with Gasteiger partial charge in [0.05, 0.1) is 0 Å². The lowest BCUT2D eigenvalue weighted by Crippen LogP contribution is -1.91. The van der Waals surface area contributed by atoms with E-state index in [1.807, 2.05) is 0 Å². The lowest BCUT2D eigenvalue weighted by Gasteiger charge is -1.87. The first-order valence-electron chi connectivity index (χ1n) is 1.59. The zero-order chi connectivity index (χ0) is 4.99. The highest BCUT2D eigenvalue weighted by atomic mass is 35.5. The summed E-state index contributed by atoms with van der Waals surface area (Å²) in [7, 11) is 0.293. The largest absolute Gasteiger partial charge is 0.464 e. The Balaban J connectivity index is 2.83. The van der Waals surface area contributed by atoms with Crippen molar-refractivity contribution in [3.8, 4) is 0 Å². The molecule has 0 fully saturated rings. The summed E-state index contributed by atoms with van der Waals surface area (Å²) in [6.45, 7) is 3.47. The first-order valence-corrected chi connectivity index (χ1v) is 4.07. The van der Waals surface area contributed by atoms with E-state index in [9.17, 15) is 0 Å². The van der Waals surface area contributed by atoms with Crippen LogP contribution in [0.1, 0.15) is 0 Å². The molecular weight excluding hydrogens is 132 g/mol. The van der Waals surface area contributed by atoms with Gasteiger partial charge < -0.3 is 4.12 Å². The van der Waals surface area contributed by atoms with Crippen molar-refractivity contribution in [1.29, 1.82) is 0 Å². The molecule has 0 amide bonds. The van der Waals surface area contributed by atoms with E-state index in [1.165, 1.54) is 0 Å². The van der Waals surface area contributed by atoms with E-state index < -0.39 is 9.76 Å². The molecule has 0 atom stereocenters. The summed E-state index contributed by atoms with van der Waals surface area (Å²) in [5.74, 6) is 0. The first-order chi connectivity index (χ1) is 2.77. The Morgan fingerprint density at radius 1 is 2.00 bits per heavy atom. The minimum atomic E-state index is -0.511. The maximum absolute atomic E-state index is 5.34. The first kappa shape index (κ1) is 6.42. The smallest absolute Gasteiger partial charge is 0.190 e. The van der Waals surface area contributed by atoms with Crippen LogP contribution in [-0.2, 0) is 4.12 Å². The second-order valence-corrected chi connectivity index (χ2v) is 5.38. The molecule has 0 aromatic rings. The minimum absolute atomic E-state index is 0.511. The van der Waals surface area contributed by atoms with Gasteiger partial charge in [-0.3, -0.25) is 0 Å². The molecule has 0 unspecified atom stereocenters. The predicted octanol–water partition coefficient (Wildman–Crippen LogP) is -0.923. The SMILES string of the molecule is C=C(Cl)[SiH2]O[SiH3]. The second kappa shape index (κ2) is 3.61. The number of halogens is 1. The molecule has 4 heteroatoms. The summed E-state index contributed by atoms with van der Waals surface area (Å²) in [4.78, 5) is 0. The van der Waals surface area contributed by atoms with Crippen molar-refractivity contribution in [1.82, 2.24) is 0 Å². The molecule has 0 radical (unpaired) electrons. The van der Waals surface area contributed by atoms with Crippen LogP contribution in [-0.4, -0.2) is 20.2 Å². The van der Waals surface area contributed by atoms with Crippen LogP contribution in [0.4, 0.5) is 0 Å². The van der Waals surface area contributed by atoms with Crippen molar-refractivity contribution < 1.29 is 4.12 Å². The van der Waals surface area contributed by atoms with Crippen molar-refractivity contribution in [3.05, 3.63) is 11.2 Å². The fourth-order valence-electron chi connectivity index (χ4n) is 0.157. The molecule has 0 rings (SSSR count). The molecular formula is C2H7ClOSi2. The Morgan fingerprint density at radius 2 is 2.50 bits per heavy atom. The summed E-state index contributed by atoms with van der Waals surface area (Å²) >= 11 is 5.34. The van der Waals surface area contributed by atoms with Crippen molar-refractivity contribution in [2.24, 2.45) is 0 Å². The van der Waals surface area contributed by atoms with Gasteiger partial charge in [0.25, 0.3) is 0 Å². The van der Waals surface area contributed by atoms with Gasteiger partial charge in [-0.2, -0.15) is 0 Å². The average molecular weight is 139 g/mol. The third-order valence-electron chi connectivity index (χ3n) is 0.301. The highest BCUT2D eigenvalue weighted by molar-refractivity contribution is 6.61. The fourth-order valence-corrected chi connectivity index (χ4v) is 2.39. The maximum Gasteiger partial charge on any atom is 0.190 e. The van der Waals surface area contributed by atoms with Gasteiger partial charge in [0.15, 0.2) is 9.76 Å². The van der Waals surface area contributed by atoms with Gasteiger partial charge in [0.2, 0.25) is 0 Å². The van der Waals surface area contributed by atoms with Crippen molar-refractivity contribution in [2.45, 2.75) is 0 Å². The summed E-state index contributed by atoms with van der Waals surface area (Å²) in [6.07, 6.45) is 0. The summed E-state index contributed by atoms with van der Waals surface area (Å²) in [5.41, 5.74) is 0. The monoisotopic (exact) mass is 138 g/mol. The molecule has 36 valence electrons. The van der Waals surface area contributed by atoms with Crippen LogP contribution in [0.15, 0.2) is 11.2 Å². The average Bonchev–Trinajstić information content (AvgIpc) is 1.35. The maximum atomic E-state index is 5.34. The van der Waals surface area contributed by atoms with Crippen LogP contribution >= 0.6 is 11.6 Å². The molecule has 0 spiro atoms. The Bertz CT molecular complexity index is 55.5. The lowest BCUT2D eigenvalue weighted by atomic mass is 11.3. The lowest BCUT2D eigenvalue weighted by molar-refractivity contribution is 0.674. The van der Waals surface area contributed by atoms with Crippen LogP contribution in [0.3, 0.4) is 0 Å². The van der Waals surface area contributed by atoms with E-state index in [-0.39, 0.29) is 0 Å². The fraction of sp³-hybridized carbons (Fsp3) is 0. The number of hydrogen-bond donors (Lipinski definition) is 0. The van der Waals surface area contributed by atoms with Gasteiger partial charge in [0, 0.05) is 4.66 Å². The van der Waals surface area contributed by atoms with Crippen molar-refractivity contribution in [3.63, 3.8) is 0 Å². The molecule has 0 aromatic heterocycles. The molecule has 6 heavy (non-hydrogen) atoms. The van der Waals surface area contributed by atoms with Gasteiger partial charge in [-0.05, 0) is 0 Å². The Hall–Kier alpha value is 0.424. The van der Waals surface area contributed by atoms with E-state index >= 15 is 0 Å². The standard InChI is InChI=1S/C2H7ClOSi2/c1-2(3)6-4-5/h1,6H2,5H3. The molecule has 0 aliphatic rings. The molecule has 0 aliphatic heterocycles. The van der Waals surface area contributed by atoms with E-state index in [2.05, 4.69) is 6.58 Å². The summed E-state index contributed by atoms with van der Waals surface area (Å²) in [6, 6.07) is 0. The van der Waals surface area contributed by atoms with Gasteiger partial charge in [-0.25, -0.2) is 0 Å². The molecule has 0 aliphatic carbocycles. The van der Waals surface area contributed by atoms with E-state index in [1.54, 1.807) is 0 Å². The zero-order valence-electron chi connectivity index (χ0n) is 3.70. The topological polar surface area (TPSA) is 9.23 Å². The van der Waals surface area contributed by atoms with E-state index in [0.717, 1.165) is 10.5 Å². The van der Waals surface area contributed by atoms with Crippen molar-refractivity contribution >= 4 is 31.9 Å². The van der Waals surface area contributed by atoms with E-state index in [4.69, 9.17) is 15.7 Å². The quantitative estimate of drug-likeness (QED) is 0.449. The molecule has 0 bridgehead atoms. The van der Waals surface area contributed by atoms with Crippen LogP contribution in [0.2, 0.25) is 0 Å². The molecule has 0 aromatic carbocycles.